The SMILES string of the molecule is CCc1ccc(N(CC(=O)N(Cc2ccccc2F)[C@H](Cc2ccccc2)C(=O)NC(C)(C)C)S(C)(=O)=O)cc1. The molecule has 3 rings (SSSR count). The van der Waals surface area contributed by atoms with E-state index in [9.17, 15) is 22.4 Å². The number of carbonyl (C=O) groups is 2. The van der Waals surface area contributed by atoms with Crippen molar-refractivity contribution in [2.75, 3.05) is 17.1 Å². The Morgan fingerprint density at radius 3 is 2.05 bits per heavy atom. The molecule has 0 bridgehead atoms. The van der Waals surface area contributed by atoms with Gasteiger partial charge >= 0.3 is 0 Å². The Bertz CT molecular complexity index is 1400. The van der Waals surface area contributed by atoms with E-state index in [0.717, 1.165) is 28.1 Å². The molecule has 0 aliphatic rings. The van der Waals surface area contributed by atoms with Crippen LogP contribution >= 0.6 is 0 Å². The molecule has 2 amide bonds. The number of amides is 2. The maximum Gasteiger partial charge on any atom is 0.244 e. The van der Waals surface area contributed by atoms with E-state index in [1.165, 1.54) is 11.0 Å². The molecule has 1 N–H and O–H groups in total. The topological polar surface area (TPSA) is 86.8 Å². The number of rotatable bonds is 11. The zero-order valence-corrected chi connectivity index (χ0v) is 24.5. The lowest BCUT2D eigenvalue weighted by molar-refractivity contribution is -0.140. The molecule has 9 heteroatoms. The Labute approximate surface area is 237 Å². The molecular weight excluding hydrogens is 529 g/mol. The summed E-state index contributed by atoms with van der Waals surface area (Å²) in [5.74, 6) is -1.57. The largest absolute Gasteiger partial charge is 0.350 e. The summed E-state index contributed by atoms with van der Waals surface area (Å²) in [6, 6.07) is 21.2. The zero-order chi connectivity index (χ0) is 29.5. The first-order chi connectivity index (χ1) is 18.8. The van der Waals surface area contributed by atoms with E-state index in [1.807, 2.05) is 70.2 Å². The third-order valence-electron chi connectivity index (χ3n) is 6.38. The monoisotopic (exact) mass is 567 g/mol. The molecular formula is C31H38FN3O4S. The van der Waals surface area contributed by atoms with Crippen LogP contribution in [0.4, 0.5) is 10.1 Å². The van der Waals surface area contributed by atoms with Crippen molar-refractivity contribution in [1.82, 2.24) is 10.2 Å². The Balaban J connectivity index is 2.07. The van der Waals surface area contributed by atoms with Crippen molar-refractivity contribution >= 4 is 27.5 Å². The number of aryl methyl sites for hydroxylation is 1. The minimum Gasteiger partial charge on any atom is -0.350 e. The van der Waals surface area contributed by atoms with Crippen LogP contribution in [0, 0.1) is 5.82 Å². The standard InChI is InChI=1S/C31H38FN3O4S/c1-6-23-16-18-26(19-17-23)35(40(5,38)39)22-29(36)34(21-25-14-10-11-15-27(25)32)28(30(37)33-31(2,3)4)20-24-12-8-7-9-13-24/h7-19,28H,6,20-22H2,1-5H3,(H,33,37)/t28-/m1/s1. The van der Waals surface area contributed by atoms with E-state index in [4.69, 9.17) is 0 Å². The maximum absolute atomic E-state index is 14.8. The molecule has 0 saturated carbocycles. The Morgan fingerprint density at radius 1 is 0.900 bits per heavy atom. The summed E-state index contributed by atoms with van der Waals surface area (Å²) in [4.78, 5) is 29.0. The molecule has 0 fully saturated rings. The van der Waals surface area contributed by atoms with Gasteiger partial charge in [-0.05, 0) is 56.5 Å². The molecule has 3 aromatic rings. The van der Waals surface area contributed by atoms with Crippen LogP contribution in [0.15, 0.2) is 78.9 Å². The Kier molecular flexibility index (Phi) is 10.1. The lowest BCUT2D eigenvalue weighted by Gasteiger charge is -2.35. The maximum atomic E-state index is 14.8. The molecule has 1 atom stereocenters. The van der Waals surface area contributed by atoms with Crippen LogP contribution < -0.4 is 9.62 Å². The Morgan fingerprint density at radius 2 is 1.50 bits per heavy atom. The van der Waals surface area contributed by atoms with Gasteiger partial charge in [-0.3, -0.25) is 13.9 Å². The number of sulfonamides is 1. The smallest absolute Gasteiger partial charge is 0.244 e. The normalized spacial score (nSPS) is 12.4. The summed E-state index contributed by atoms with van der Waals surface area (Å²) in [5.41, 5.74) is 1.77. The number of carbonyl (C=O) groups excluding carboxylic acids is 2. The highest BCUT2D eigenvalue weighted by molar-refractivity contribution is 7.92. The van der Waals surface area contributed by atoms with Gasteiger partial charge < -0.3 is 10.2 Å². The van der Waals surface area contributed by atoms with Gasteiger partial charge in [0.25, 0.3) is 0 Å². The fraction of sp³-hybridized carbons (Fsp3) is 0.355. The summed E-state index contributed by atoms with van der Waals surface area (Å²) in [6.07, 6.45) is 1.97. The van der Waals surface area contributed by atoms with Gasteiger partial charge in [-0.25, -0.2) is 12.8 Å². The van der Waals surface area contributed by atoms with E-state index in [1.54, 1.807) is 30.3 Å². The number of nitrogens with zero attached hydrogens (tertiary/aromatic N) is 2. The molecule has 0 aliphatic carbocycles. The molecule has 0 aliphatic heterocycles. The average Bonchev–Trinajstić information content (AvgIpc) is 2.89. The summed E-state index contributed by atoms with van der Waals surface area (Å²) < 4.78 is 41.5. The van der Waals surface area contributed by atoms with Crippen LogP contribution in [0.25, 0.3) is 0 Å². The summed E-state index contributed by atoms with van der Waals surface area (Å²) >= 11 is 0. The van der Waals surface area contributed by atoms with E-state index < -0.39 is 45.8 Å². The number of nitrogens with one attached hydrogen (secondary N) is 1. The van der Waals surface area contributed by atoms with Crippen molar-refractivity contribution in [3.05, 3.63) is 101 Å². The van der Waals surface area contributed by atoms with Crippen LogP contribution in [0.3, 0.4) is 0 Å². The molecule has 0 unspecified atom stereocenters. The lowest BCUT2D eigenvalue weighted by Crippen LogP contribution is -2.56. The number of hydrogen-bond acceptors (Lipinski definition) is 4. The second-order valence-corrected chi connectivity index (χ2v) is 12.8. The molecule has 0 spiro atoms. The highest BCUT2D eigenvalue weighted by Crippen LogP contribution is 2.22. The zero-order valence-electron chi connectivity index (χ0n) is 23.7. The van der Waals surface area contributed by atoms with Gasteiger partial charge in [-0.1, -0.05) is 67.6 Å². The van der Waals surface area contributed by atoms with Gasteiger partial charge in [-0.2, -0.15) is 0 Å². The summed E-state index contributed by atoms with van der Waals surface area (Å²) in [5, 5.41) is 2.94. The Hall–Kier alpha value is -3.72. The fourth-order valence-electron chi connectivity index (χ4n) is 4.33. The molecule has 0 heterocycles. The van der Waals surface area contributed by atoms with Crippen molar-refractivity contribution in [3.8, 4) is 0 Å². The minimum absolute atomic E-state index is 0.160. The van der Waals surface area contributed by atoms with Crippen molar-refractivity contribution < 1.29 is 22.4 Å². The highest BCUT2D eigenvalue weighted by atomic mass is 32.2. The van der Waals surface area contributed by atoms with E-state index in [-0.39, 0.29) is 18.5 Å². The first kappa shape index (κ1) is 30.8. The predicted octanol–water partition coefficient (Wildman–Crippen LogP) is 4.71. The summed E-state index contributed by atoms with van der Waals surface area (Å²) in [6.45, 7) is 6.72. The molecule has 3 aromatic carbocycles. The van der Waals surface area contributed by atoms with Crippen LogP contribution in [0.1, 0.15) is 44.4 Å². The van der Waals surface area contributed by atoms with Crippen LogP contribution in [0.5, 0.6) is 0 Å². The number of benzene rings is 3. The van der Waals surface area contributed by atoms with Crippen molar-refractivity contribution in [2.24, 2.45) is 0 Å². The second kappa shape index (κ2) is 13.1. The quantitative estimate of drug-likeness (QED) is 0.364. The molecule has 0 aromatic heterocycles. The van der Waals surface area contributed by atoms with Gasteiger partial charge in [-0.15, -0.1) is 0 Å². The van der Waals surface area contributed by atoms with E-state index in [2.05, 4.69) is 5.32 Å². The van der Waals surface area contributed by atoms with E-state index in [0.29, 0.717) is 5.69 Å². The van der Waals surface area contributed by atoms with Crippen LogP contribution in [-0.4, -0.2) is 49.5 Å². The molecule has 0 saturated heterocycles. The molecule has 40 heavy (non-hydrogen) atoms. The third kappa shape index (κ3) is 8.64. The number of hydrogen-bond donors (Lipinski definition) is 1. The van der Waals surface area contributed by atoms with Crippen LogP contribution in [0.2, 0.25) is 0 Å². The van der Waals surface area contributed by atoms with E-state index >= 15 is 0 Å². The average molecular weight is 568 g/mol. The van der Waals surface area contributed by atoms with Crippen LogP contribution in [-0.2, 0) is 39.0 Å². The first-order valence-electron chi connectivity index (χ1n) is 13.2. The van der Waals surface area contributed by atoms with Gasteiger partial charge in [0.2, 0.25) is 21.8 Å². The fourth-order valence-corrected chi connectivity index (χ4v) is 5.18. The first-order valence-corrected chi connectivity index (χ1v) is 15.1. The van der Waals surface area contributed by atoms with Gasteiger partial charge in [0.15, 0.2) is 0 Å². The van der Waals surface area contributed by atoms with Gasteiger partial charge in [0.05, 0.1) is 11.9 Å². The number of halogens is 1. The van der Waals surface area contributed by atoms with Gasteiger partial charge in [0.1, 0.15) is 18.4 Å². The minimum atomic E-state index is -3.87. The molecule has 0 radical (unpaired) electrons. The second-order valence-electron chi connectivity index (χ2n) is 10.8. The third-order valence-corrected chi connectivity index (χ3v) is 7.52. The lowest BCUT2D eigenvalue weighted by atomic mass is 10.0. The summed E-state index contributed by atoms with van der Waals surface area (Å²) in [7, 11) is -3.87. The molecule has 214 valence electrons. The van der Waals surface area contributed by atoms with Crippen molar-refractivity contribution in [3.63, 3.8) is 0 Å². The molecule has 7 nitrogen and oxygen atoms in total. The van der Waals surface area contributed by atoms with Crippen molar-refractivity contribution in [1.29, 1.82) is 0 Å². The van der Waals surface area contributed by atoms with Gasteiger partial charge in [0, 0.05) is 24.1 Å². The van der Waals surface area contributed by atoms with Crippen molar-refractivity contribution in [2.45, 2.75) is 58.7 Å². The highest BCUT2D eigenvalue weighted by Gasteiger charge is 2.34. The number of anilines is 1. The predicted molar refractivity (Wildman–Crippen MR) is 157 cm³/mol.